The molecule has 0 N–H and O–H groups in total. The maximum Gasteiger partial charge on any atom is 0.406 e. The summed E-state index contributed by atoms with van der Waals surface area (Å²) in [4.78, 5) is 32.1. The van der Waals surface area contributed by atoms with Gasteiger partial charge in [-0.3, -0.25) is 14.5 Å². The van der Waals surface area contributed by atoms with Crippen LogP contribution in [-0.2, 0) is 16.1 Å². The van der Waals surface area contributed by atoms with Gasteiger partial charge in [0.15, 0.2) is 5.13 Å². The van der Waals surface area contributed by atoms with Crippen LogP contribution in [0.4, 0.5) is 22.7 Å². The fourth-order valence-corrected chi connectivity index (χ4v) is 4.51. The summed E-state index contributed by atoms with van der Waals surface area (Å²) in [6, 6.07) is 14.9. The monoisotopic (exact) mass is 477 g/mol. The van der Waals surface area contributed by atoms with Crippen molar-refractivity contribution in [3.05, 3.63) is 71.4 Å². The van der Waals surface area contributed by atoms with E-state index in [1.54, 1.807) is 17.5 Å². The molecule has 10 heteroatoms. The van der Waals surface area contributed by atoms with Crippen molar-refractivity contribution in [3.63, 3.8) is 0 Å². The Morgan fingerprint density at radius 1 is 1.12 bits per heavy atom. The highest BCUT2D eigenvalue weighted by atomic mass is 32.1. The number of halogens is 4. The third-order valence-electron chi connectivity index (χ3n) is 5.25. The molecule has 1 aromatic heterocycles. The van der Waals surface area contributed by atoms with Crippen molar-refractivity contribution in [1.29, 1.82) is 0 Å². The SMILES string of the molecule is O=C1CC(C(=O)N(Cc2ccccc2)c2nc(-c3ccc(F)cc3)cs2)CN1CC(F)(F)F. The number of alkyl halides is 3. The van der Waals surface area contributed by atoms with Crippen LogP contribution in [0.1, 0.15) is 12.0 Å². The van der Waals surface area contributed by atoms with Gasteiger partial charge in [0.05, 0.1) is 18.2 Å². The normalized spacial score (nSPS) is 16.3. The molecule has 0 aliphatic carbocycles. The summed E-state index contributed by atoms with van der Waals surface area (Å²) in [6.45, 7) is -1.51. The standard InChI is InChI=1S/C23H19F4N3O2S/c24-18-8-6-16(7-9-18)19-13-33-22(28-19)30(11-15-4-2-1-3-5-15)21(32)17-10-20(31)29(12-17)14-23(25,26)27/h1-9,13,17H,10-12,14H2. The van der Waals surface area contributed by atoms with E-state index in [9.17, 15) is 27.2 Å². The maximum atomic E-state index is 13.4. The average molecular weight is 477 g/mol. The van der Waals surface area contributed by atoms with E-state index in [1.165, 1.54) is 28.4 Å². The predicted octanol–water partition coefficient (Wildman–Crippen LogP) is 4.89. The summed E-state index contributed by atoms with van der Waals surface area (Å²) in [7, 11) is 0. The van der Waals surface area contributed by atoms with Gasteiger partial charge in [-0.25, -0.2) is 9.37 Å². The van der Waals surface area contributed by atoms with Gasteiger partial charge >= 0.3 is 6.18 Å². The molecule has 1 unspecified atom stereocenters. The first-order valence-electron chi connectivity index (χ1n) is 10.1. The van der Waals surface area contributed by atoms with Crippen LogP contribution in [0.15, 0.2) is 60.0 Å². The summed E-state index contributed by atoms with van der Waals surface area (Å²) >= 11 is 1.20. The van der Waals surface area contributed by atoms with E-state index >= 15 is 0 Å². The molecule has 1 saturated heterocycles. The zero-order chi connectivity index (χ0) is 23.6. The highest BCUT2D eigenvalue weighted by molar-refractivity contribution is 7.14. The summed E-state index contributed by atoms with van der Waals surface area (Å²) in [5, 5.41) is 2.08. The minimum Gasteiger partial charge on any atom is -0.333 e. The molecule has 2 aromatic carbocycles. The number of rotatable bonds is 6. The van der Waals surface area contributed by atoms with Crippen molar-refractivity contribution >= 4 is 28.3 Å². The van der Waals surface area contributed by atoms with Gasteiger partial charge in [0, 0.05) is 23.9 Å². The lowest BCUT2D eigenvalue weighted by Crippen LogP contribution is -2.39. The number of hydrogen-bond acceptors (Lipinski definition) is 4. The molecular formula is C23H19F4N3O2S. The molecule has 1 atom stereocenters. The first-order valence-corrected chi connectivity index (χ1v) is 11.0. The largest absolute Gasteiger partial charge is 0.406 e. The summed E-state index contributed by atoms with van der Waals surface area (Å²) < 4.78 is 51.6. The van der Waals surface area contributed by atoms with E-state index in [-0.39, 0.29) is 25.3 Å². The van der Waals surface area contributed by atoms with Gasteiger partial charge < -0.3 is 4.90 Å². The number of likely N-dealkylation sites (tertiary alicyclic amines) is 1. The molecule has 33 heavy (non-hydrogen) atoms. The Hall–Kier alpha value is -3.27. The van der Waals surface area contributed by atoms with Crippen LogP contribution >= 0.6 is 11.3 Å². The molecule has 4 rings (SSSR count). The van der Waals surface area contributed by atoms with Crippen LogP contribution < -0.4 is 4.90 Å². The maximum absolute atomic E-state index is 13.4. The number of hydrogen-bond donors (Lipinski definition) is 0. The molecule has 3 aromatic rings. The Balaban J connectivity index is 1.60. The van der Waals surface area contributed by atoms with Crippen LogP contribution in [0.3, 0.4) is 0 Å². The number of benzene rings is 2. The molecule has 0 bridgehead atoms. The van der Waals surface area contributed by atoms with E-state index in [0.29, 0.717) is 21.3 Å². The quantitative estimate of drug-likeness (QED) is 0.475. The molecule has 0 spiro atoms. The number of aromatic nitrogens is 1. The van der Waals surface area contributed by atoms with Crippen LogP contribution in [0, 0.1) is 11.7 Å². The second-order valence-electron chi connectivity index (χ2n) is 7.72. The lowest BCUT2D eigenvalue weighted by atomic mass is 10.1. The van der Waals surface area contributed by atoms with E-state index in [2.05, 4.69) is 4.98 Å². The third kappa shape index (κ3) is 5.57. The molecule has 0 saturated carbocycles. The molecule has 5 nitrogen and oxygen atoms in total. The van der Waals surface area contributed by atoms with Crippen molar-refractivity contribution in [1.82, 2.24) is 9.88 Å². The van der Waals surface area contributed by atoms with Crippen molar-refractivity contribution in [2.75, 3.05) is 18.0 Å². The van der Waals surface area contributed by atoms with Gasteiger partial charge in [0.25, 0.3) is 0 Å². The molecule has 1 aliphatic heterocycles. The van der Waals surface area contributed by atoms with Crippen LogP contribution in [0.25, 0.3) is 11.3 Å². The topological polar surface area (TPSA) is 53.5 Å². The van der Waals surface area contributed by atoms with Crippen LogP contribution in [0.2, 0.25) is 0 Å². The highest BCUT2D eigenvalue weighted by Gasteiger charge is 2.42. The van der Waals surface area contributed by atoms with Crippen LogP contribution in [0.5, 0.6) is 0 Å². The first kappa shape index (κ1) is 22.9. The number of amides is 2. The Kier molecular flexibility index (Phi) is 6.46. The van der Waals surface area contributed by atoms with E-state index < -0.39 is 30.5 Å². The van der Waals surface area contributed by atoms with Crippen LogP contribution in [-0.4, -0.2) is 41.0 Å². The van der Waals surface area contributed by atoms with Gasteiger partial charge in [0.2, 0.25) is 11.8 Å². The summed E-state index contributed by atoms with van der Waals surface area (Å²) in [6.07, 6.45) is -4.81. The Morgan fingerprint density at radius 3 is 2.48 bits per heavy atom. The minimum atomic E-state index is -4.53. The van der Waals surface area contributed by atoms with Crippen molar-refractivity contribution in [3.8, 4) is 11.3 Å². The number of carbonyl (C=O) groups excluding carboxylic acids is 2. The molecule has 172 valence electrons. The zero-order valence-electron chi connectivity index (χ0n) is 17.3. The van der Waals surface area contributed by atoms with Gasteiger partial charge in [-0.05, 0) is 29.8 Å². The number of anilines is 1. The van der Waals surface area contributed by atoms with Gasteiger partial charge in [0.1, 0.15) is 12.4 Å². The average Bonchev–Trinajstić information content (AvgIpc) is 3.39. The molecule has 1 fully saturated rings. The fourth-order valence-electron chi connectivity index (χ4n) is 3.67. The third-order valence-corrected chi connectivity index (χ3v) is 6.11. The smallest absolute Gasteiger partial charge is 0.333 e. The van der Waals surface area contributed by atoms with Crippen molar-refractivity contribution in [2.24, 2.45) is 5.92 Å². The predicted molar refractivity (Wildman–Crippen MR) is 116 cm³/mol. The molecule has 2 amide bonds. The van der Waals surface area contributed by atoms with E-state index in [1.807, 2.05) is 30.3 Å². The molecule has 2 heterocycles. The lowest BCUT2D eigenvalue weighted by Gasteiger charge is -2.24. The van der Waals surface area contributed by atoms with Gasteiger partial charge in [-0.1, -0.05) is 30.3 Å². The summed E-state index contributed by atoms with van der Waals surface area (Å²) in [5.41, 5.74) is 2.02. The number of carbonyl (C=O) groups is 2. The Bertz CT molecular complexity index is 1130. The van der Waals surface area contributed by atoms with Crippen molar-refractivity contribution < 1.29 is 27.2 Å². The lowest BCUT2D eigenvalue weighted by molar-refractivity contribution is -0.157. The van der Waals surface area contributed by atoms with Crippen molar-refractivity contribution in [2.45, 2.75) is 19.1 Å². The molecule has 0 radical (unpaired) electrons. The van der Waals surface area contributed by atoms with Gasteiger partial charge in [-0.2, -0.15) is 13.2 Å². The number of nitrogens with zero attached hydrogens (tertiary/aromatic N) is 3. The second-order valence-corrected chi connectivity index (χ2v) is 8.56. The number of thiazole rings is 1. The fraction of sp³-hybridized carbons (Fsp3) is 0.261. The molecule has 1 aliphatic rings. The Labute approximate surface area is 191 Å². The summed E-state index contributed by atoms with van der Waals surface area (Å²) in [5.74, 6) is -2.44. The zero-order valence-corrected chi connectivity index (χ0v) is 18.1. The Morgan fingerprint density at radius 2 is 1.82 bits per heavy atom. The minimum absolute atomic E-state index is 0.153. The second kappa shape index (κ2) is 9.30. The van der Waals surface area contributed by atoms with E-state index in [0.717, 1.165) is 5.56 Å². The van der Waals surface area contributed by atoms with E-state index in [4.69, 9.17) is 0 Å². The highest BCUT2D eigenvalue weighted by Crippen LogP contribution is 2.32. The first-order chi connectivity index (χ1) is 15.7. The molecular weight excluding hydrogens is 458 g/mol. The van der Waals surface area contributed by atoms with Gasteiger partial charge in [-0.15, -0.1) is 11.3 Å².